The van der Waals surface area contributed by atoms with Crippen molar-refractivity contribution in [2.24, 2.45) is 0 Å². The van der Waals surface area contributed by atoms with Gasteiger partial charge in [-0.1, -0.05) is 0 Å². The first-order valence-electron chi connectivity index (χ1n) is 5.32. The van der Waals surface area contributed by atoms with Crippen molar-refractivity contribution in [2.75, 3.05) is 13.9 Å². The molecular weight excluding hydrogens is 334 g/mol. The van der Waals surface area contributed by atoms with E-state index in [0.29, 0.717) is 16.4 Å². The molecule has 0 amide bonds. The van der Waals surface area contributed by atoms with Gasteiger partial charge in [-0.05, 0) is 28.1 Å². The lowest BCUT2D eigenvalue weighted by Gasteiger charge is -2.02. The first kappa shape index (κ1) is 12.4. The van der Waals surface area contributed by atoms with E-state index in [4.69, 9.17) is 9.47 Å². The molecule has 0 aliphatic carbocycles. The number of benzene rings is 1. The van der Waals surface area contributed by atoms with Crippen LogP contribution < -0.4 is 9.47 Å². The van der Waals surface area contributed by atoms with Crippen LogP contribution in [0.4, 0.5) is 0 Å². The molecule has 0 unspecified atom stereocenters. The zero-order chi connectivity index (χ0) is 13.4. The van der Waals surface area contributed by atoms with Gasteiger partial charge in [-0.25, -0.2) is 9.78 Å². The lowest BCUT2D eigenvalue weighted by molar-refractivity contribution is 0.0606. The van der Waals surface area contributed by atoms with Crippen LogP contribution in [0.5, 0.6) is 11.5 Å². The summed E-state index contributed by atoms with van der Waals surface area (Å²) in [5.41, 5.74) is 0.858. The Labute approximate surface area is 121 Å². The molecule has 2 heterocycles. The Bertz CT molecular complexity index is 655. The lowest BCUT2D eigenvalue weighted by atomic mass is 10.2. The van der Waals surface area contributed by atoms with Gasteiger partial charge in [0.1, 0.15) is 9.88 Å². The second-order valence-electron chi connectivity index (χ2n) is 3.71. The van der Waals surface area contributed by atoms with Crippen LogP contribution in [-0.4, -0.2) is 24.9 Å². The molecule has 0 bridgehead atoms. The predicted octanol–water partition coefficient (Wildman–Crippen LogP) is 3.09. The summed E-state index contributed by atoms with van der Waals surface area (Å²) < 4.78 is 16.1. The summed E-state index contributed by atoms with van der Waals surface area (Å²) in [5.74, 6) is 0.969. The van der Waals surface area contributed by atoms with E-state index in [9.17, 15) is 4.79 Å². The highest BCUT2D eigenvalue weighted by atomic mass is 79.9. The van der Waals surface area contributed by atoms with Crippen molar-refractivity contribution in [3.8, 4) is 22.1 Å². The summed E-state index contributed by atoms with van der Waals surface area (Å²) in [6.45, 7) is 0.211. The molecule has 0 spiro atoms. The van der Waals surface area contributed by atoms with Crippen LogP contribution >= 0.6 is 27.3 Å². The van der Waals surface area contributed by atoms with E-state index in [1.54, 1.807) is 0 Å². The largest absolute Gasteiger partial charge is 0.465 e. The van der Waals surface area contributed by atoms with Crippen molar-refractivity contribution < 1.29 is 19.0 Å². The number of thiazole rings is 1. The zero-order valence-corrected chi connectivity index (χ0v) is 12.2. The Kier molecular flexibility index (Phi) is 3.16. The van der Waals surface area contributed by atoms with Gasteiger partial charge in [0.15, 0.2) is 11.5 Å². The van der Waals surface area contributed by atoms with Crippen molar-refractivity contribution in [1.82, 2.24) is 4.98 Å². The van der Waals surface area contributed by atoms with E-state index >= 15 is 0 Å². The predicted molar refractivity (Wildman–Crippen MR) is 72.7 cm³/mol. The number of carbonyl (C=O) groups is 1. The fraction of sp³-hybridized carbons (Fsp3) is 0.167. The van der Waals surface area contributed by atoms with Gasteiger partial charge in [0.05, 0.1) is 17.8 Å². The smallest absolute Gasteiger partial charge is 0.349 e. The van der Waals surface area contributed by atoms with Crippen LogP contribution in [0.15, 0.2) is 22.8 Å². The second kappa shape index (κ2) is 4.82. The average molecular weight is 342 g/mol. The Hall–Kier alpha value is -1.60. The Morgan fingerprint density at radius 2 is 2.32 bits per heavy atom. The molecule has 0 radical (unpaired) electrons. The lowest BCUT2D eigenvalue weighted by Crippen LogP contribution is -1.96. The highest BCUT2D eigenvalue weighted by Crippen LogP contribution is 2.43. The molecule has 0 saturated carbocycles. The SMILES string of the molecule is COC(=O)c1cnc(-c2cc(Br)c3c(c2)OCO3)s1. The minimum Gasteiger partial charge on any atom is -0.465 e. The topological polar surface area (TPSA) is 57.7 Å². The van der Waals surface area contributed by atoms with Gasteiger partial charge in [0, 0.05) is 5.56 Å². The number of carbonyl (C=O) groups excluding carboxylic acids is 1. The molecule has 19 heavy (non-hydrogen) atoms. The summed E-state index contributed by atoms with van der Waals surface area (Å²) in [6.07, 6.45) is 1.50. The van der Waals surface area contributed by atoms with Crippen LogP contribution in [0.25, 0.3) is 10.6 Å². The maximum Gasteiger partial charge on any atom is 0.349 e. The van der Waals surface area contributed by atoms with E-state index in [2.05, 4.69) is 25.7 Å². The number of aromatic nitrogens is 1. The van der Waals surface area contributed by atoms with E-state index < -0.39 is 0 Å². The Morgan fingerprint density at radius 3 is 3.11 bits per heavy atom. The number of hydrogen-bond donors (Lipinski definition) is 0. The minimum atomic E-state index is -0.386. The number of esters is 1. The summed E-state index contributed by atoms with van der Waals surface area (Å²) in [7, 11) is 1.35. The summed E-state index contributed by atoms with van der Waals surface area (Å²) in [4.78, 5) is 16.1. The molecule has 1 aliphatic rings. The minimum absolute atomic E-state index is 0.211. The van der Waals surface area contributed by atoms with Crippen LogP contribution in [0.1, 0.15) is 9.67 Å². The van der Waals surface area contributed by atoms with E-state index in [-0.39, 0.29) is 12.8 Å². The summed E-state index contributed by atoms with van der Waals surface area (Å²) in [5, 5.41) is 0.722. The van der Waals surface area contributed by atoms with Crippen LogP contribution in [0.3, 0.4) is 0 Å². The Balaban J connectivity index is 2.01. The standard InChI is InChI=1S/C12H8BrNO4S/c1-16-12(15)9-4-14-11(19-9)6-2-7(13)10-8(3-6)17-5-18-10/h2-4H,5H2,1H3. The molecule has 3 rings (SSSR count). The molecule has 1 aromatic heterocycles. The molecule has 98 valence electrons. The zero-order valence-electron chi connectivity index (χ0n) is 9.81. The quantitative estimate of drug-likeness (QED) is 0.785. The molecule has 0 N–H and O–H groups in total. The van der Waals surface area contributed by atoms with Gasteiger partial charge in [-0.15, -0.1) is 11.3 Å². The maximum atomic E-state index is 11.4. The normalized spacial score (nSPS) is 12.5. The van der Waals surface area contributed by atoms with Gasteiger partial charge >= 0.3 is 5.97 Å². The van der Waals surface area contributed by atoms with Crippen molar-refractivity contribution in [3.05, 3.63) is 27.7 Å². The third-order valence-electron chi connectivity index (χ3n) is 2.57. The summed E-state index contributed by atoms with van der Waals surface area (Å²) >= 11 is 4.70. The van der Waals surface area contributed by atoms with Gasteiger partial charge in [0.2, 0.25) is 6.79 Å². The van der Waals surface area contributed by atoms with Crippen molar-refractivity contribution in [1.29, 1.82) is 0 Å². The van der Waals surface area contributed by atoms with E-state index in [1.165, 1.54) is 24.6 Å². The van der Waals surface area contributed by atoms with Gasteiger partial charge in [-0.3, -0.25) is 0 Å². The monoisotopic (exact) mass is 341 g/mol. The second-order valence-corrected chi connectivity index (χ2v) is 5.60. The number of methoxy groups -OCH3 is 1. The fourth-order valence-corrected chi connectivity index (χ4v) is 3.07. The molecule has 2 aromatic rings. The third-order valence-corrected chi connectivity index (χ3v) is 4.18. The number of halogens is 1. The van der Waals surface area contributed by atoms with E-state index in [1.807, 2.05) is 12.1 Å². The van der Waals surface area contributed by atoms with Gasteiger partial charge in [-0.2, -0.15) is 0 Å². The first-order chi connectivity index (χ1) is 9.19. The first-order valence-corrected chi connectivity index (χ1v) is 6.93. The fourth-order valence-electron chi connectivity index (χ4n) is 1.69. The number of nitrogens with zero attached hydrogens (tertiary/aromatic N) is 1. The molecule has 0 atom stereocenters. The van der Waals surface area contributed by atoms with E-state index in [0.717, 1.165) is 15.0 Å². The average Bonchev–Trinajstić information content (AvgIpc) is 3.06. The van der Waals surface area contributed by atoms with Crippen molar-refractivity contribution >= 4 is 33.2 Å². The van der Waals surface area contributed by atoms with Crippen LogP contribution in [-0.2, 0) is 4.74 Å². The van der Waals surface area contributed by atoms with Crippen LogP contribution in [0.2, 0.25) is 0 Å². The van der Waals surface area contributed by atoms with Crippen molar-refractivity contribution in [3.63, 3.8) is 0 Å². The highest BCUT2D eigenvalue weighted by Gasteiger charge is 2.20. The number of hydrogen-bond acceptors (Lipinski definition) is 6. The molecule has 0 saturated heterocycles. The Morgan fingerprint density at radius 1 is 1.47 bits per heavy atom. The molecule has 1 aromatic carbocycles. The molecule has 7 heteroatoms. The van der Waals surface area contributed by atoms with Crippen molar-refractivity contribution in [2.45, 2.75) is 0 Å². The number of ether oxygens (including phenoxy) is 3. The maximum absolute atomic E-state index is 11.4. The highest BCUT2D eigenvalue weighted by molar-refractivity contribution is 9.10. The third kappa shape index (κ3) is 2.19. The van der Waals surface area contributed by atoms with Gasteiger partial charge < -0.3 is 14.2 Å². The number of fused-ring (bicyclic) bond motifs is 1. The molecule has 1 aliphatic heterocycles. The van der Waals surface area contributed by atoms with Crippen LogP contribution in [0, 0.1) is 0 Å². The number of rotatable bonds is 2. The molecular formula is C12H8BrNO4S. The molecule has 0 fully saturated rings. The van der Waals surface area contributed by atoms with Gasteiger partial charge in [0.25, 0.3) is 0 Å². The summed E-state index contributed by atoms with van der Waals surface area (Å²) in [6, 6.07) is 3.72. The molecule has 5 nitrogen and oxygen atoms in total.